The highest BCUT2D eigenvalue weighted by molar-refractivity contribution is 5.84. The summed E-state index contributed by atoms with van der Waals surface area (Å²) in [5.74, 6) is 1.72. The van der Waals surface area contributed by atoms with Gasteiger partial charge in [0.15, 0.2) is 5.65 Å². The summed E-state index contributed by atoms with van der Waals surface area (Å²) in [4.78, 5) is 9.80. The summed E-state index contributed by atoms with van der Waals surface area (Å²) < 4.78 is 13.0. The number of rotatable bonds is 7. The Hall–Kier alpha value is -3.13. The van der Waals surface area contributed by atoms with E-state index in [1.165, 1.54) is 0 Å². The van der Waals surface area contributed by atoms with Crippen LogP contribution in [-0.4, -0.2) is 41.1 Å². The lowest BCUT2D eigenvalue weighted by atomic mass is 10.0. The van der Waals surface area contributed by atoms with E-state index in [1.54, 1.807) is 20.4 Å². The number of oxime groups is 1. The molecule has 2 aromatic heterocycles. The Morgan fingerprint density at radius 3 is 2.83 bits per heavy atom. The van der Waals surface area contributed by atoms with Crippen molar-refractivity contribution < 1.29 is 14.3 Å². The molecular weight excluding hydrogens is 382 g/mol. The molecule has 0 saturated heterocycles. The van der Waals surface area contributed by atoms with Gasteiger partial charge in [0.2, 0.25) is 0 Å². The summed E-state index contributed by atoms with van der Waals surface area (Å²) in [5, 5.41) is 12.3. The van der Waals surface area contributed by atoms with Crippen LogP contribution < -0.4 is 10.1 Å². The van der Waals surface area contributed by atoms with Crippen molar-refractivity contribution in [2.45, 2.75) is 46.4 Å². The number of hydrogen-bond acceptors (Lipinski definition) is 7. The fourth-order valence-corrected chi connectivity index (χ4v) is 3.82. The Kier molecular flexibility index (Phi) is 5.59. The first kappa shape index (κ1) is 20.2. The summed E-state index contributed by atoms with van der Waals surface area (Å²) in [5.41, 5.74) is 6.93. The Labute approximate surface area is 175 Å². The molecule has 8 nitrogen and oxygen atoms in total. The zero-order valence-electron chi connectivity index (χ0n) is 18.0. The number of methoxy groups -OCH3 is 1. The van der Waals surface area contributed by atoms with Gasteiger partial charge in [-0.25, -0.2) is 4.98 Å². The van der Waals surface area contributed by atoms with E-state index in [-0.39, 0.29) is 6.04 Å². The van der Waals surface area contributed by atoms with Crippen LogP contribution in [0.3, 0.4) is 0 Å². The maximum atomic E-state index is 5.70. The summed E-state index contributed by atoms with van der Waals surface area (Å²) in [6.45, 7) is 7.19. The van der Waals surface area contributed by atoms with Crippen LogP contribution in [0.5, 0.6) is 5.75 Å². The van der Waals surface area contributed by atoms with Crippen molar-refractivity contribution in [3.8, 4) is 16.9 Å². The summed E-state index contributed by atoms with van der Waals surface area (Å²) in [6, 6.07) is 6.06. The van der Waals surface area contributed by atoms with Gasteiger partial charge >= 0.3 is 0 Å². The van der Waals surface area contributed by atoms with Crippen molar-refractivity contribution in [1.29, 1.82) is 0 Å². The van der Waals surface area contributed by atoms with Crippen LogP contribution in [0.25, 0.3) is 16.8 Å². The number of nitrogens with one attached hydrogen (secondary N) is 1. The number of ether oxygens (including phenoxy) is 2. The number of anilines is 1. The third-order valence-electron chi connectivity index (χ3n) is 5.42. The van der Waals surface area contributed by atoms with Crippen LogP contribution in [0.15, 0.2) is 23.4 Å². The SMILES string of the molecule is CC[C@@H](C=NOC)Nc1c2c(nc3c(-c4ccc(OC)cc4C)c(C)nn13)COC2. The third kappa shape index (κ3) is 3.47. The van der Waals surface area contributed by atoms with Gasteiger partial charge < -0.3 is 19.6 Å². The fourth-order valence-electron chi connectivity index (χ4n) is 3.82. The quantitative estimate of drug-likeness (QED) is 0.471. The van der Waals surface area contributed by atoms with Gasteiger partial charge in [0.1, 0.15) is 18.7 Å². The number of aryl methyl sites for hydroxylation is 2. The first-order chi connectivity index (χ1) is 14.6. The second kappa shape index (κ2) is 8.31. The molecule has 158 valence electrons. The highest BCUT2D eigenvalue weighted by Gasteiger charge is 2.26. The number of nitrogens with zero attached hydrogens (tertiary/aromatic N) is 4. The molecule has 0 saturated carbocycles. The van der Waals surface area contributed by atoms with Gasteiger partial charge in [-0.05, 0) is 43.5 Å². The van der Waals surface area contributed by atoms with Crippen LogP contribution >= 0.6 is 0 Å². The summed E-state index contributed by atoms with van der Waals surface area (Å²) in [6.07, 6.45) is 2.61. The van der Waals surface area contributed by atoms with Gasteiger partial charge in [-0.1, -0.05) is 18.1 Å². The molecular formula is C22H27N5O3. The number of hydrogen-bond donors (Lipinski definition) is 1. The zero-order valence-corrected chi connectivity index (χ0v) is 18.0. The van der Waals surface area contributed by atoms with Gasteiger partial charge in [-0.15, -0.1) is 0 Å². The van der Waals surface area contributed by atoms with Crippen molar-refractivity contribution in [3.05, 3.63) is 40.7 Å². The third-order valence-corrected chi connectivity index (χ3v) is 5.42. The van der Waals surface area contributed by atoms with E-state index in [1.807, 2.05) is 23.6 Å². The molecule has 8 heteroatoms. The molecule has 0 amide bonds. The van der Waals surface area contributed by atoms with Crippen LogP contribution in [0, 0.1) is 13.8 Å². The van der Waals surface area contributed by atoms with E-state index in [0.29, 0.717) is 13.2 Å². The van der Waals surface area contributed by atoms with E-state index in [9.17, 15) is 0 Å². The fraction of sp³-hybridized carbons (Fsp3) is 0.409. The number of aromatic nitrogens is 3. The smallest absolute Gasteiger partial charge is 0.165 e. The van der Waals surface area contributed by atoms with Gasteiger partial charge in [-0.2, -0.15) is 9.61 Å². The van der Waals surface area contributed by atoms with Gasteiger partial charge in [0, 0.05) is 11.1 Å². The largest absolute Gasteiger partial charge is 0.497 e. The van der Waals surface area contributed by atoms with Crippen LogP contribution in [0.4, 0.5) is 5.82 Å². The van der Waals surface area contributed by atoms with Crippen molar-refractivity contribution in [2.75, 3.05) is 19.5 Å². The molecule has 0 radical (unpaired) electrons. The molecule has 3 heterocycles. The second-order valence-electron chi connectivity index (χ2n) is 7.35. The van der Waals surface area contributed by atoms with E-state index in [2.05, 4.69) is 30.4 Å². The molecule has 0 aliphatic carbocycles. The van der Waals surface area contributed by atoms with Crippen LogP contribution in [-0.2, 0) is 22.8 Å². The topological polar surface area (TPSA) is 82.3 Å². The number of fused-ring (bicyclic) bond motifs is 2. The molecule has 1 aromatic carbocycles. The maximum Gasteiger partial charge on any atom is 0.165 e. The van der Waals surface area contributed by atoms with Crippen LogP contribution in [0.1, 0.15) is 35.9 Å². The molecule has 4 rings (SSSR count). The van der Waals surface area contributed by atoms with Crippen molar-refractivity contribution in [2.24, 2.45) is 5.16 Å². The van der Waals surface area contributed by atoms with E-state index in [4.69, 9.17) is 24.4 Å². The van der Waals surface area contributed by atoms with Gasteiger partial charge in [0.05, 0.1) is 44.0 Å². The molecule has 1 aliphatic heterocycles. The Balaban J connectivity index is 1.90. The van der Waals surface area contributed by atoms with Gasteiger partial charge in [-0.3, -0.25) is 0 Å². The standard InChI is InChI=1S/C22H27N5O3/c1-6-15(10-23-29-5)24-21-18-11-30-12-19(18)25-22-20(14(3)26-27(21)22)17-8-7-16(28-4)9-13(17)2/h7-10,15,24H,6,11-12H2,1-5H3/t15-/m0/s1. The predicted octanol–water partition coefficient (Wildman–Crippen LogP) is 3.87. The van der Waals surface area contributed by atoms with E-state index >= 15 is 0 Å². The average molecular weight is 409 g/mol. The highest BCUT2D eigenvalue weighted by Crippen LogP contribution is 2.36. The monoisotopic (exact) mass is 409 g/mol. The molecule has 0 fully saturated rings. The molecule has 0 bridgehead atoms. The Morgan fingerprint density at radius 2 is 2.13 bits per heavy atom. The van der Waals surface area contributed by atoms with E-state index < -0.39 is 0 Å². The lowest BCUT2D eigenvalue weighted by molar-refractivity contribution is 0.133. The molecule has 1 atom stereocenters. The summed E-state index contributed by atoms with van der Waals surface area (Å²) >= 11 is 0. The van der Waals surface area contributed by atoms with Crippen molar-refractivity contribution in [3.63, 3.8) is 0 Å². The molecule has 0 unspecified atom stereocenters. The second-order valence-corrected chi connectivity index (χ2v) is 7.35. The molecule has 1 aliphatic rings. The lowest BCUT2D eigenvalue weighted by Gasteiger charge is -2.17. The Morgan fingerprint density at radius 1 is 1.30 bits per heavy atom. The first-order valence-electron chi connectivity index (χ1n) is 10.0. The molecule has 1 N–H and O–H groups in total. The Bertz CT molecular complexity index is 1110. The molecule has 30 heavy (non-hydrogen) atoms. The van der Waals surface area contributed by atoms with E-state index in [0.717, 1.165) is 57.3 Å². The van der Waals surface area contributed by atoms with Crippen LogP contribution in [0.2, 0.25) is 0 Å². The molecule has 3 aromatic rings. The van der Waals surface area contributed by atoms with Gasteiger partial charge in [0.25, 0.3) is 0 Å². The summed E-state index contributed by atoms with van der Waals surface area (Å²) in [7, 11) is 3.22. The molecule has 0 spiro atoms. The minimum Gasteiger partial charge on any atom is -0.497 e. The van der Waals surface area contributed by atoms with Crippen molar-refractivity contribution >= 4 is 17.7 Å². The minimum absolute atomic E-state index is 0.00377. The number of benzene rings is 1. The maximum absolute atomic E-state index is 5.70. The first-order valence-corrected chi connectivity index (χ1v) is 10.0. The normalized spacial score (nSPS) is 14.3. The predicted molar refractivity (Wildman–Crippen MR) is 116 cm³/mol. The highest BCUT2D eigenvalue weighted by atomic mass is 16.6. The zero-order chi connectivity index (χ0) is 21.3. The average Bonchev–Trinajstić information content (AvgIpc) is 3.34. The minimum atomic E-state index is -0.00377. The van der Waals surface area contributed by atoms with Crippen molar-refractivity contribution in [1.82, 2.24) is 14.6 Å². The lowest BCUT2D eigenvalue weighted by Crippen LogP contribution is -2.23.